The lowest BCUT2D eigenvalue weighted by atomic mass is 10.0. The van der Waals surface area contributed by atoms with Gasteiger partial charge in [0.05, 0.1) is 18.4 Å². The van der Waals surface area contributed by atoms with Crippen molar-refractivity contribution in [2.45, 2.75) is 24.2 Å². The average molecular weight is 328 g/mol. The van der Waals surface area contributed by atoms with Crippen molar-refractivity contribution in [2.24, 2.45) is 4.40 Å². The molecule has 23 heavy (non-hydrogen) atoms. The van der Waals surface area contributed by atoms with E-state index in [1.807, 2.05) is 12.1 Å². The summed E-state index contributed by atoms with van der Waals surface area (Å²) in [5.74, 6) is 0.960. The van der Waals surface area contributed by atoms with Gasteiger partial charge in [-0.15, -0.1) is 4.40 Å². The number of fused-ring (bicyclic) bond motifs is 2. The molecule has 2 aromatic carbocycles. The van der Waals surface area contributed by atoms with Gasteiger partial charge in [-0.2, -0.15) is 8.42 Å². The zero-order valence-corrected chi connectivity index (χ0v) is 13.5. The van der Waals surface area contributed by atoms with Gasteiger partial charge in [-0.1, -0.05) is 12.1 Å². The van der Waals surface area contributed by atoms with Crippen LogP contribution in [0.1, 0.15) is 23.1 Å². The van der Waals surface area contributed by atoms with Gasteiger partial charge in [0.1, 0.15) is 10.6 Å². The molecule has 6 heteroatoms. The van der Waals surface area contributed by atoms with Gasteiger partial charge in [0.15, 0.2) is 5.84 Å². The van der Waals surface area contributed by atoms with Crippen LogP contribution in [0, 0.1) is 0 Å². The molecule has 118 valence electrons. The number of anilines is 1. The van der Waals surface area contributed by atoms with E-state index < -0.39 is 10.0 Å². The number of hydrogen-bond donors (Lipinski definition) is 1. The van der Waals surface area contributed by atoms with Gasteiger partial charge < -0.3 is 10.1 Å². The third-order valence-corrected chi connectivity index (χ3v) is 5.63. The quantitative estimate of drug-likeness (QED) is 0.920. The van der Waals surface area contributed by atoms with E-state index in [0.29, 0.717) is 22.8 Å². The maximum Gasteiger partial charge on any atom is 0.286 e. The van der Waals surface area contributed by atoms with Gasteiger partial charge >= 0.3 is 0 Å². The zero-order chi connectivity index (χ0) is 16.0. The highest BCUT2D eigenvalue weighted by Gasteiger charge is 2.27. The average Bonchev–Trinajstić information content (AvgIpc) is 3.00. The minimum atomic E-state index is -3.71. The minimum Gasteiger partial charge on any atom is -0.496 e. The number of sulfonamides is 1. The minimum absolute atomic E-state index is 0.198. The number of benzene rings is 2. The Morgan fingerprint density at radius 2 is 1.87 bits per heavy atom. The Bertz CT molecular complexity index is 933. The summed E-state index contributed by atoms with van der Waals surface area (Å²) in [4.78, 5) is 0.198. The molecule has 0 radical (unpaired) electrons. The second-order valence-corrected chi connectivity index (χ2v) is 7.28. The van der Waals surface area contributed by atoms with Crippen LogP contribution in [0.2, 0.25) is 0 Å². The molecule has 5 nitrogen and oxygen atoms in total. The molecular formula is C17H16N2O3S. The predicted octanol–water partition coefficient (Wildman–Crippen LogP) is 2.74. The normalized spacial score (nSPS) is 17.7. The maximum atomic E-state index is 12.4. The summed E-state index contributed by atoms with van der Waals surface area (Å²) in [6.07, 6.45) is 3.15. The first kappa shape index (κ1) is 14.3. The van der Waals surface area contributed by atoms with E-state index in [-0.39, 0.29) is 4.90 Å². The molecule has 0 atom stereocenters. The van der Waals surface area contributed by atoms with Crippen LogP contribution in [-0.4, -0.2) is 21.4 Å². The molecule has 0 fully saturated rings. The lowest BCUT2D eigenvalue weighted by molar-refractivity contribution is 0.413. The number of nitrogens with zero attached hydrogens (tertiary/aromatic N) is 1. The second kappa shape index (κ2) is 5.09. The highest BCUT2D eigenvalue weighted by atomic mass is 32.2. The Labute approximate surface area is 135 Å². The predicted molar refractivity (Wildman–Crippen MR) is 88.8 cm³/mol. The molecule has 1 heterocycles. The van der Waals surface area contributed by atoms with Gasteiger partial charge in [0.25, 0.3) is 10.0 Å². The smallest absolute Gasteiger partial charge is 0.286 e. The summed E-state index contributed by atoms with van der Waals surface area (Å²) in [5.41, 5.74) is 3.73. The Balaban J connectivity index is 1.88. The highest BCUT2D eigenvalue weighted by molar-refractivity contribution is 7.90. The van der Waals surface area contributed by atoms with Crippen LogP contribution in [0.25, 0.3) is 0 Å². The maximum absolute atomic E-state index is 12.4. The van der Waals surface area contributed by atoms with Crippen molar-refractivity contribution in [3.63, 3.8) is 0 Å². The van der Waals surface area contributed by atoms with E-state index in [9.17, 15) is 8.42 Å². The summed E-state index contributed by atoms with van der Waals surface area (Å²) >= 11 is 0. The van der Waals surface area contributed by atoms with Crippen molar-refractivity contribution >= 4 is 21.5 Å². The van der Waals surface area contributed by atoms with E-state index in [2.05, 4.69) is 9.71 Å². The van der Waals surface area contributed by atoms with E-state index in [1.165, 1.54) is 11.1 Å². The van der Waals surface area contributed by atoms with Crippen LogP contribution >= 0.6 is 0 Å². The first-order valence-electron chi connectivity index (χ1n) is 7.50. The fourth-order valence-corrected chi connectivity index (χ4v) is 4.32. The molecule has 0 aromatic heterocycles. The van der Waals surface area contributed by atoms with Crippen molar-refractivity contribution in [1.82, 2.24) is 0 Å². The molecule has 0 spiro atoms. The van der Waals surface area contributed by atoms with Crippen molar-refractivity contribution in [3.05, 3.63) is 53.1 Å². The Hall–Kier alpha value is -2.34. The lowest BCUT2D eigenvalue weighted by Gasteiger charge is -2.20. The summed E-state index contributed by atoms with van der Waals surface area (Å²) in [7, 11) is -2.12. The van der Waals surface area contributed by atoms with Crippen molar-refractivity contribution < 1.29 is 13.2 Å². The summed E-state index contributed by atoms with van der Waals surface area (Å²) < 4.78 is 34.3. The number of methoxy groups -OCH3 is 1. The molecule has 2 aliphatic rings. The first-order valence-corrected chi connectivity index (χ1v) is 8.94. The third kappa shape index (κ3) is 2.30. The topological polar surface area (TPSA) is 67.8 Å². The molecule has 4 rings (SSSR count). The van der Waals surface area contributed by atoms with Gasteiger partial charge in [0, 0.05) is 0 Å². The fourth-order valence-electron chi connectivity index (χ4n) is 3.19. The second-order valence-electron chi connectivity index (χ2n) is 5.71. The molecule has 0 saturated heterocycles. The molecule has 0 unspecified atom stereocenters. The standard InChI is InChI=1S/C17H16N2O3S/c1-22-15-10-12-6-4-5-11(12)9-13(15)17-18-14-7-2-3-8-16(14)23(20,21)19-17/h2-3,7-10H,4-6H2,1H3,(H,18,19). The Morgan fingerprint density at radius 1 is 1.13 bits per heavy atom. The molecule has 1 aliphatic heterocycles. The van der Waals surface area contributed by atoms with Crippen LogP contribution in [0.3, 0.4) is 0 Å². The number of hydrogen-bond acceptors (Lipinski definition) is 4. The monoisotopic (exact) mass is 328 g/mol. The van der Waals surface area contributed by atoms with Gasteiger partial charge in [-0.25, -0.2) is 0 Å². The summed E-state index contributed by atoms with van der Waals surface area (Å²) in [6.45, 7) is 0. The largest absolute Gasteiger partial charge is 0.496 e. The molecule has 1 N–H and O–H groups in total. The number of ether oxygens (including phenoxy) is 1. The number of rotatable bonds is 2. The van der Waals surface area contributed by atoms with E-state index >= 15 is 0 Å². The van der Waals surface area contributed by atoms with E-state index in [1.54, 1.807) is 31.4 Å². The number of aryl methyl sites for hydroxylation is 2. The Morgan fingerprint density at radius 3 is 2.65 bits per heavy atom. The molecule has 1 aliphatic carbocycles. The molecule has 0 saturated carbocycles. The van der Waals surface area contributed by atoms with Crippen LogP contribution in [0.4, 0.5) is 5.69 Å². The Kier molecular flexibility index (Phi) is 3.16. The van der Waals surface area contributed by atoms with E-state index in [0.717, 1.165) is 19.3 Å². The number of nitrogens with one attached hydrogen (secondary N) is 1. The highest BCUT2D eigenvalue weighted by Crippen LogP contribution is 2.34. The molecule has 0 bridgehead atoms. The molecule has 0 amide bonds. The van der Waals surface area contributed by atoms with Crippen LogP contribution in [0.15, 0.2) is 45.7 Å². The summed E-state index contributed by atoms with van der Waals surface area (Å²) in [5, 5.41) is 3.13. The zero-order valence-electron chi connectivity index (χ0n) is 12.7. The SMILES string of the molecule is COc1cc2c(cc1C1=NS(=O)(=O)c3ccccc3N1)CCC2. The number of para-hydroxylation sites is 1. The van der Waals surface area contributed by atoms with Gasteiger partial charge in [-0.3, -0.25) is 0 Å². The fraction of sp³-hybridized carbons (Fsp3) is 0.235. The van der Waals surface area contributed by atoms with Gasteiger partial charge in [-0.05, 0) is 54.7 Å². The molecule has 2 aromatic rings. The van der Waals surface area contributed by atoms with Gasteiger partial charge in [0.2, 0.25) is 0 Å². The third-order valence-electron chi connectivity index (χ3n) is 4.30. The van der Waals surface area contributed by atoms with Crippen LogP contribution in [-0.2, 0) is 22.9 Å². The first-order chi connectivity index (χ1) is 11.1. The summed E-state index contributed by atoms with van der Waals surface area (Å²) in [6, 6.07) is 10.8. The number of amidine groups is 1. The van der Waals surface area contributed by atoms with Crippen LogP contribution in [0.5, 0.6) is 5.75 Å². The van der Waals surface area contributed by atoms with E-state index in [4.69, 9.17) is 4.74 Å². The van der Waals surface area contributed by atoms with Crippen molar-refractivity contribution in [3.8, 4) is 5.75 Å². The molecular weight excluding hydrogens is 312 g/mol. The van der Waals surface area contributed by atoms with Crippen molar-refractivity contribution in [1.29, 1.82) is 0 Å². The van der Waals surface area contributed by atoms with Crippen LogP contribution < -0.4 is 10.1 Å². The van der Waals surface area contributed by atoms with Crippen molar-refractivity contribution in [2.75, 3.05) is 12.4 Å². The lowest BCUT2D eigenvalue weighted by Crippen LogP contribution is -2.23.